The summed E-state index contributed by atoms with van der Waals surface area (Å²) in [6.45, 7) is 4.67. The van der Waals surface area contributed by atoms with Crippen LogP contribution in [0.1, 0.15) is 46.6 Å². The average Bonchev–Trinajstić information content (AvgIpc) is 2.82. The Kier molecular flexibility index (Phi) is 5.55. The summed E-state index contributed by atoms with van der Waals surface area (Å²) in [4.78, 5) is 24.5. The maximum absolute atomic E-state index is 12.5. The SMILES string of the molecule is Cc1noc(C)c1COc1cccc(C(=O)N[C@H]2CCCCNC2=O)c1. The van der Waals surface area contributed by atoms with Crippen LogP contribution in [0.3, 0.4) is 0 Å². The first kappa shape index (κ1) is 18.0. The molecule has 0 bridgehead atoms. The van der Waals surface area contributed by atoms with Crippen LogP contribution in [-0.2, 0) is 11.4 Å². The molecule has 1 fully saturated rings. The highest BCUT2D eigenvalue weighted by atomic mass is 16.5. The van der Waals surface area contributed by atoms with Crippen LogP contribution in [0.15, 0.2) is 28.8 Å². The lowest BCUT2D eigenvalue weighted by atomic mass is 10.1. The summed E-state index contributed by atoms with van der Waals surface area (Å²) in [5, 5.41) is 9.52. The Morgan fingerprint density at radius 1 is 1.38 bits per heavy atom. The number of nitrogens with zero attached hydrogens (tertiary/aromatic N) is 1. The van der Waals surface area contributed by atoms with Crippen LogP contribution in [-0.4, -0.2) is 29.6 Å². The van der Waals surface area contributed by atoms with Crippen LogP contribution in [0.2, 0.25) is 0 Å². The Morgan fingerprint density at radius 3 is 3.00 bits per heavy atom. The van der Waals surface area contributed by atoms with E-state index in [1.54, 1.807) is 24.3 Å². The molecule has 1 atom stereocenters. The van der Waals surface area contributed by atoms with Crippen molar-refractivity contribution in [3.63, 3.8) is 0 Å². The summed E-state index contributed by atoms with van der Waals surface area (Å²) in [5.74, 6) is 0.884. The number of ether oxygens (including phenoxy) is 1. The van der Waals surface area contributed by atoms with E-state index >= 15 is 0 Å². The van der Waals surface area contributed by atoms with E-state index in [9.17, 15) is 9.59 Å². The number of benzene rings is 1. The summed E-state index contributed by atoms with van der Waals surface area (Å²) < 4.78 is 10.9. The maximum atomic E-state index is 12.5. The van der Waals surface area contributed by atoms with Crippen molar-refractivity contribution < 1.29 is 18.8 Å². The minimum Gasteiger partial charge on any atom is -0.489 e. The molecule has 7 heteroatoms. The minimum absolute atomic E-state index is 0.123. The van der Waals surface area contributed by atoms with Gasteiger partial charge in [-0.15, -0.1) is 0 Å². The summed E-state index contributed by atoms with van der Waals surface area (Å²) in [6.07, 6.45) is 2.49. The number of aryl methyl sites for hydroxylation is 2. The molecule has 0 saturated carbocycles. The van der Waals surface area contributed by atoms with E-state index in [0.717, 1.165) is 29.9 Å². The number of aromatic nitrogens is 1. The number of hydrogen-bond donors (Lipinski definition) is 2. The normalized spacial score (nSPS) is 17.3. The van der Waals surface area contributed by atoms with Crippen molar-refractivity contribution in [2.75, 3.05) is 6.54 Å². The van der Waals surface area contributed by atoms with Crippen LogP contribution >= 0.6 is 0 Å². The van der Waals surface area contributed by atoms with Crippen LogP contribution in [0, 0.1) is 13.8 Å². The van der Waals surface area contributed by atoms with E-state index in [4.69, 9.17) is 9.26 Å². The van der Waals surface area contributed by atoms with Gasteiger partial charge < -0.3 is 19.9 Å². The average molecular weight is 357 g/mol. The van der Waals surface area contributed by atoms with Gasteiger partial charge in [0.2, 0.25) is 5.91 Å². The zero-order valence-corrected chi connectivity index (χ0v) is 15.0. The molecule has 2 heterocycles. The molecule has 1 aromatic heterocycles. The van der Waals surface area contributed by atoms with Crippen molar-refractivity contribution in [3.05, 3.63) is 46.8 Å². The van der Waals surface area contributed by atoms with Gasteiger partial charge >= 0.3 is 0 Å². The lowest BCUT2D eigenvalue weighted by Crippen LogP contribution is -2.45. The standard InChI is InChI=1S/C19H23N3O4/c1-12-16(13(2)26-22-12)11-25-15-7-5-6-14(10-15)18(23)21-17-8-3-4-9-20-19(17)24/h5-7,10,17H,3-4,8-9,11H2,1-2H3,(H,20,24)(H,21,23)/t17-/m0/s1. The lowest BCUT2D eigenvalue weighted by molar-refractivity contribution is -0.122. The minimum atomic E-state index is -0.489. The van der Waals surface area contributed by atoms with Gasteiger partial charge in [-0.25, -0.2) is 0 Å². The Labute approximate surface area is 152 Å². The molecule has 2 N–H and O–H groups in total. The van der Waals surface area contributed by atoms with Crippen LogP contribution < -0.4 is 15.4 Å². The van der Waals surface area contributed by atoms with Crippen LogP contribution in [0.25, 0.3) is 0 Å². The molecule has 26 heavy (non-hydrogen) atoms. The molecule has 138 valence electrons. The van der Waals surface area contributed by atoms with Gasteiger partial charge in [-0.05, 0) is 51.3 Å². The van der Waals surface area contributed by atoms with Gasteiger partial charge in [-0.3, -0.25) is 9.59 Å². The lowest BCUT2D eigenvalue weighted by Gasteiger charge is -2.15. The first-order chi connectivity index (χ1) is 12.5. The molecule has 3 rings (SSSR count). The van der Waals surface area contributed by atoms with Gasteiger partial charge in [0, 0.05) is 12.1 Å². The number of hydrogen-bond acceptors (Lipinski definition) is 5. The van der Waals surface area contributed by atoms with Crippen LogP contribution in [0.4, 0.5) is 0 Å². The van der Waals surface area contributed by atoms with Gasteiger partial charge in [0.15, 0.2) is 0 Å². The zero-order valence-electron chi connectivity index (χ0n) is 15.0. The monoisotopic (exact) mass is 357 g/mol. The Balaban J connectivity index is 1.64. The Hall–Kier alpha value is -2.83. The van der Waals surface area contributed by atoms with E-state index in [1.807, 2.05) is 13.8 Å². The predicted molar refractivity (Wildman–Crippen MR) is 94.9 cm³/mol. The quantitative estimate of drug-likeness (QED) is 0.856. The second kappa shape index (κ2) is 8.03. The largest absolute Gasteiger partial charge is 0.489 e. The van der Waals surface area contributed by atoms with E-state index in [2.05, 4.69) is 15.8 Å². The van der Waals surface area contributed by atoms with Crippen molar-refractivity contribution in [2.24, 2.45) is 0 Å². The summed E-state index contributed by atoms with van der Waals surface area (Å²) in [5.41, 5.74) is 2.14. The van der Waals surface area contributed by atoms with E-state index in [0.29, 0.717) is 30.9 Å². The molecule has 1 aromatic carbocycles. The number of rotatable bonds is 5. The first-order valence-electron chi connectivity index (χ1n) is 8.78. The highest BCUT2D eigenvalue weighted by Gasteiger charge is 2.23. The third kappa shape index (κ3) is 4.22. The fourth-order valence-electron chi connectivity index (χ4n) is 2.91. The van der Waals surface area contributed by atoms with E-state index < -0.39 is 6.04 Å². The predicted octanol–water partition coefficient (Wildman–Crippen LogP) is 2.27. The fraction of sp³-hybridized carbons (Fsp3) is 0.421. The van der Waals surface area contributed by atoms with Gasteiger partial charge in [0.05, 0.1) is 11.3 Å². The highest BCUT2D eigenvalue weighted by Crippen LogP contribution is 2.19. The first-order valence-corrected chi connectivity index (χ1v) is 8.78. The van der Waals surface area contributed by atoms with Crippen molar-refractivity contribution in [1.82, 2.24) is 15.8 Å². The third-order valence-electron chi connectivity index (χ3n) is 4.50. The molecule has 0 radical (unpaired) electrons. The molecular weight excluding hydrogens is 334 g/mol. The number of amides is 2. The smallest absolute Gasteiger partial charge is 0.252 e. The second-order valence-electron chi connectivity index (χ2n) is 6.43. The summed E-state index contributed by atoms with van der Waals surface area (Å²) >= 11 is 0. The van der Waals surface area contributed by atoms with E-state index in [-0.39, 0.29) is 11.8 Å². The van der Waals surface area contributed by atoms with E-state index in [1.165, 1.54) is 0 Å². The van der Waals surface area contributed by atoms with Gasteiger partial charge in [0.1, 0.15) is 24.2 Å². The molecule has 1 aliphatic rings. The topological polar surface area (TPSA) is 93.5 Å². The number of carbonyl (C=O) groups excluding carboxylic acids is 2. The molecule has 0 aliphatic carbocycles. The summed E-state index contributed by atoms with van der Waals surface area (Å²) in [7, 11) is 0. The molecule has 2 amide bonds. The molecule has 7 nitrogen and oxygen atoms in total. The highest BCUT2D eigenvalue weighted by molar-refractivity contribution is 5.97. The zero-order chi connectivity index (χ0) is 18.5. The number of carbonyl (C=O) groups is 2. The maximum Gasteiger partial charge on any atom is 0.252 e. The second-order valence-corrected chi connectivity index (χ2v) is 6.43. The van der Waals surface area contributed by atoms with Crippen molar-refractivity contribution >= 4 is 11.8 Å². The Bertz CT molecular complexity index is 780. The molecule has 1 aliphatic heterocycles. The summed E-state index contributed by atoms with van der Waals surface area (Å²) in [6, 6.07) is 6.42. The third-order valence-corrected chi connectivity index (χ3v) is 4.50. The van der Waals surface area contributed by atoms with Gasteiger partial charge in [-0.1, -0.05) is 11.2 Å². The van der Waals surface area contributed by atoms with Gasteiger partial charge in [0.25, 0.3) is 5.91 Å². The Morgan fingerprint density at radius 2 is 2.23 bits per heavy atom. The van der Waals surface area contributed by atoms with Crippen molar-refractivity contribution in [3.8, 4) is 5.75 Å². The van der Waals surface area contributed by atoms with Crippen LogP contribution in [0.5, 0.6) is 5.75 Å². The van der Waals surface area contributed by atoms with Crippen molar-refractivity contribution in [1.29, 1.82) is 0 Å². The number of nitrogens with one attached hydrogen (secondary N) is 2. The molecule has 1 saturated heterocycles. The van der Waals surface area contributed by atoms with Gasteiger partial charge in [-0.2, -0.15) is 0 Å². The fourth-order valence-corrected chi connectivity index (χ4v) is 2.91. The molecule has 2 aromatic rings. The molecular formula is C19H23N3O4. The molecule has 0 spiro atoms. The van der Waals surface area contributed by atoms with Crippen molar-refractivity contribution in [2.45, 2.75) is 45.8 Å². The molecule has 0 unspecified atom stereocenters.